The topological polar surface area (TPSA) is 109 Å². The van der Waals surface area contributed by atoms with Gasteiger partial charge in [0.25, 0.3) is 5.91 Å². The summed E-state index contributed by atoms with van der Waals surface area (Å²) in [5.41, 5.74) is 9.36. The molecule has 1 fully saturated rings. The molecule has 7 heteroatoms. The Balaban J connectivity index is 1.42. The molecule has 1 amide bonds. The van der Waals surface area contributed by atoms with Gasteiger partial charge in [0.1, 0.15) is 5.82 Å². The number of Topliss-reactive ketones (excluding diaryl/α,β-unsaturated/α-hetero) is 1. The number of hydrogen-bond donors (Lipinski definition) is 3. The fourth-order valence-corrected chi connectivity index (χ4v) is 3.18. The molecule has 1 heterocycles. The second kappa shape index (κ2) is 9.87. The van der Waals surface area contributed by atoms with Gasteiger partial charge >= 0.3 is 0 Å². The lowest BCUT2D eigenvalue weighted by Gasteiger charge is -2.06. The largest absolute Gasteiger partial charge is 0.397 e. The lowest BCUT2D eigenvalue weighted by molar-refractivity contribution is -0.119. The summed E-state index contributed by atoms with van der Waals surface area (Å²) in [5, 5.41) is 5.98. The van der Waals surface area contributed by atoms with Crippen LogP contribution in [0.2, 0.25) is 0 Å². The number of nitrogens with zero attached hydrogens (tertiary/aromatic N) is 2. The summed E-state index contributed by atoms with van der Waals surface area (Å²) in [4.78, 5) is 33.0. The SMILES string of the molecule is Nc1ccc(C(=O)Nc2ccccn2)cc1N=CC1=CC=C(NCC(=O)C2CC2)CC=C1. The van der Waals surface area contributed by atoms with Crippen molar-refractivity contribution in [3.8, 4) is 0 Å². The lowest BCUT2D eigenvalue weighted by Crippen LogP contribution is -2.23. The Hall–Kier alpha value is -4.00. The van der Waals surface area contributed by atoms with Gasteiger partial charge in [-0.2, -0.15) is 0 Å². The second-order valence-corrected chi connectivity index (χ2v) is 7.76. The smallest absolute Gasteiger partial charge is 0.256 e. The number of nitrogen functional groups attached to an aromatic ring is 1. The molecule has 0 saturated heterocycles. The Bertz CT molecular complexity index is 1130. The molecular formula is C25H25N5O2. The number of allylic oxidation sites excluding steroid dienone is 5. The standard InChI is InChI=1S/C25H25N5O2/c26-21-12-10-19(25(32)30-24-6-1-2-13-27-24)14-22(21)29-15-17-4-3-5-20(11-7-17)28-16-23(31)18-8-9-18/h1-4,6-7,10-15,18,28H,5,8-9,16,26H2,(H,27,30,32). The molecule has 2 aromatic rings. The van der Waals surface area contributed by atoms with Gasteiger partial charge in [0, 0.05) is 36.0 Å². The van der Waals surface area contributed by atoms with Crippen LogP contribution in [0.25, 0.3) is 0 Å². The van der Waals surface area contributed by atoms with E-state index in [0.717, 1.165) is 30.5 Å². The fraction of sp³-hybridized carbons (Fsp3) is 0.200. The summed E-state index contributed by atoms with van der Waals surface area (Å²) in [7, 11) is 0. The van der Waals surface area contributed by atoms with E-state index in [1.807, 2.05) is 24.3 Å². The van der Waals surface area contributed by atoms with Gasteiger partial charge in [-0.25, -0.2) is 4.98 Å². The van der Waals surface area contributed by atoms with Gasteiger partial charge in [-0.3, -0.25) is 14.6 Å². The van der Waals surface area contributed by atoms with E-state index >= 15 is 0 Å². The second-order valence-electron chi connectivity index (χ2n) is 7.76. The molecule has 0 unspecified atom stereocenters. The number of nitrogens with one attached hydrogen (secondary N) is 2. The van der Waals surface area contributed by atoms with Crippen LogP contribution in [0.15, 0.2) is 83.2 Å². The Morgan fingerprint density at radius 1 is 1.19 bits per heavy atom. The zero-order chi connectivity index (χ0) is 22.3. The third-order valence-electron chi connectivity index (χ3n) is 5.20. The van der Waals surface area contributed by atoms with E-state index in [1.54, 1.807) is 48.8 Å². The Kier molecular flexibility index (Phi) is 6.55. The number of ketones is 1. The number of carbonyl (C=O) groups is 2. The highest BCUT2D eigenvalue weighted by molar-refractivity contribution is 6.05. The minimum Gasteiger partial charge on any atom is -0.397 e. The minimum atomic E-state index is -0.284. The Morgan fingerprint density at radius 3 is 2.84 bits per heavy atom. The molecule has 0 spiro atoms. The van der Waals surface area contributed by atoms with Crippen molar-refractivity contribution < 1.29 is 9.59 Å². The van der Waals surface area contributed by atoms with Crippen LogP contribution in [0.1, 0.15) is 29.6 Å². The average Bonchev–Trinajstić information content (AvgIpc) is 3.66. The van der Waals surface area contributed by atoms with Crippen molar-refractivity contribution >= 4 is 35.1 Å². The van der Waals surface area contributed by atoms with Gasteiger partial charge in [0.05, 0.1) is 17.9 Å². The summed E-state index contributed by atoms with van der Waals surface area (Å²) >= 11 is 0. The van der Waals surface area contributed by atoms with Crippen molar-refractivity contribution in [2.75, 3.05) is 17.6 Å². The zero-order valence-corrected chi connectivity index (χ0v) is 17.6. The first kappa shape index (κ1) is 21.2. The van der Waals surface area contributed by atoms with Crippen LogP contribution in [0.3, 0.4) is 0 Å². The van der Waals surface area contributed by atoms with Gasteiger partial charge in [0.15, 0.2) is 5.78 Å². The van der Waals surface area contributed by atoms with Crippen molar-refractivity contribution in [1.82, 2.24) is 10.3 Å². The number of aromatic nitrogens is 1. The van der Waals surface area contributed by atoms with Gasteiger partial charge < -0.3 is 16.4 Å². The minimum absolute atomic E-state index is 0.259. The summed E-state index contributed by atoms with van der Waals surface area (Å²) in [6, 6.07) is 10.3. The molecule has 7 nitrogen and oxygen atoms in total. The number of hydrogen-bond acceptors (Lipinski definition) is 6. The first-order valence-electron chi connectivity index (χ1n) is 10.6. The van der Waals surface area contributed by atoms with E-state index in [2.05, 4.69) is 20.6 Å². The van der Waals surface area contributed by atoms with E-state index in [-0.39, 0.29) is 17.6 Å². The molecule has 4 rings (SSSR count). The van der Waals surface area contributed by atoms with E-state index in [0.29, 0.717) is 29.3 Å². The maximum atomic E-state index is 12.5. The molecule has 4 N–H and O–H groups in total. The van der Waals surface area contributed by atoms with Crippen LogP contribution in [0.5, 0.6) is 0 Å². The van der Waals surface area contributed by atoms with E-state index < -0.39 is 0 Å². The summed E-state index contributed by atoms with van der Waals surface area (Å²) in [5.74, 6) is 0.735. The van der Waals surface area contributed by atoms with Gasteiger partial charge in [-0.1, -0.05) is 24.3 Å². The van der Waals surface area contributed by atoms with Gasteiger partial charge in [-0.15, -0.1) is 0 Å². The van der Waals surface area contributed by atoms with Crippen molar-refractivity contribution in [2.24, 2.45) is 10.9 Å². The molecule has 0 bridgehead atoms. The Morgan fingerprint density at radius 2 is 2.06 bits per heavy atom. The maximum Gasteiger partial charge on any atom is 0.256 e. The van der Waals surface area contributed by atoms with Crippen LogP contribution in [-0.4, -0.2) is 29.4 Å². The van der Waals surface area contributed by atoms with Gasteiger partial charge in [-0.05, 0) is 54.8 Å². The first-order chi connectivity index (χ1) is 15.6. The number of anilines is 2. The highest BCUT2D eigenvalue weighted by Crippen LogP contribution is 2.29. The monoisotopic (exact) mass is 427 g/mol. The molecule has 2 aliphatic carbocycles. The van der Waals surface area contributed by atoms with Crippen LogP contribution in [0, 0.1) is 5.92 Å². The van der Waals surface area contributed by atoms with E-state index in [9.17, 15) is 9.59 Å². The molecule has 1 aromatic heterocycles. The molecule has 1 saturated carbocycles. The highest BCUT2D eigenvalue weighted by Gasteiger charge is 2.28. The summed E-state index contributed by atoms with van der Waals surface area (Å²) in [6.07, 6.45) is 14.0. The molecule has 162 valence electrons. The third-order valence-corrected chi connectivity index (χ3v) is 5.20. The van der Waals surface area contributed by atoms with Crippen LogP contribution in [0.4, 0.5) is 17.2 Å². The third kappa shape index (κ3) is 5.78. The zero-order valence-electron chi connectivity index (χ0n) is 17.6. The molecule has 0 radical (unpaired) electrons. The van der Waals surface area contributed by atoms with Crippen molar-refractivity contribution in [2.45, 2.75) is 19.3 Å². The lowest BCUT2D eigenvalue weighted by atomic mass is 10.1. The van der Waals surface area contributed by atoms with Crippen molar-refractivity contribution in [3.05, 3.63) is 83.7 Å². The maximum absolute atomic E-state index is 12.5. The molecule has 1 aromatic carbocycles. The van der Waals surface area contributed by atoms with Crippen LogP contribution < -0.4 is 16.4 Å². The molecule has 32 heavy (non-hydrogen) atoms. The van der Waals surface area contributed by atoms with Crippen LogP contribution >= 0.6 is 0 Å². The predicted octanol–water partition coefficient (Wildman–Crippen LogP) is 3.96. The fourth-order valence-electron chi connectivity index (χ4n) is 3.18. The average molecular weight is 428 g/mol. The number of aliphatic imine (C=N–C) groups is 1. The van der Waals surface area contributed by atoms with Crippen LogP contribution in [-0.2, 0) is 4.79 Å². The summed E-state index contributed by atoms with van der Waals surface area (Å²) in [6.45, 7) is 0.380. The quantitative estimate of drug-likeness (QED) is 0.436. The first-order valence-corrected chi connectivity index (χ1v) is 10.6. The van der Waals surface area contributed by atoms with Gasteiger partial charge in [0.2, 0.25) is 0 Å². The van der Waals surface area contributed by atoms with Crippen molar-refractivity contribution in [3.63, 3.8) is 0 Å². The molecule has 0 aliphatic heterocycles. The highest BCUT2D eigenvalue weighted by atomic mass is 16.1. The van der Waals surface area contributed by atoms with Crippen molar-refractivity contribution in [1.29, 1.82) is 0 Å². The number of nitrogens with two attached hydrogens (primary N) is 1. The predicted molar refractivity (Wildman–Crippen MR) is 127 cm³/mol. The van der Waals surface area contributed by atoms with E-state index in [4.69, 9.17) is 5.73 Å². The molecule has 2 aliphatic rings. The molecule has 0 atom stereocenters. The Labute approximate surface area is 186 Å². The number of amides is 1. The normalized spacial score (nSPS) is 15.6. The summed E-state index contributed by atoms with van der Waals surface area (Å²) < 4.78 is 0. The number of pyridine rings is 1. The van der Waals surface area contributed by atoms with E-state index in [1.165, 1.54) is 0 Å². The number of rotatable bonds is 8. The number of benzene rings is 1. The molecular weight excluding hydrogens is 402 g/mol. The number of carbonyl (C=O) groups excluding carboxylic acids is 2.